The summed E-state index contributed by atoms with van der Waals surface area (Å²) >= 11 is 0. The Bertz CT molecular complexity index is 343. The molecule has 2 heterocycles. The van der Waals surface area contributed by atoms with Gasteiger partial charge in [-0.25, -0.2) is 9.55 Å². The SMILES string of the molecule is Cc1ncn(C2COC2)c1[N+](=O)[O-]. The van der Waals surface area contributed by atoms with Gasteiger partial charge in [0.2, 0.25) is 0 Å². The molecular formula is C7H9N3O3. The zero-order valence-electron chi connectivity index (χ0n) is 7.14. The van der Waals surface area contributed by atoms with Crippen molar-refractivity contribution in [2.45, 2.75) is 13.0 Å². The van der Waals surface area contributed by atoms with Gasteiger partial charge in [-0.3, -0.25) is 0 Å². The van der Waals surface area contributed by atoms with Gasteiger partial charge in [0.05, 0.1) is 13.2 Å². The van der Waals surface area contributed by atoms with Crippen molar-refractivity contribution in [2.75, 3.05) is 13.2 Å². The van der Waals surface area contributed by atoms with Crippen molar-refractivity contribution in [2.24, 2.45) is 0 Å². The Morgan fingerprint density at radius 3 is 2.92 bits per heavy atom. The molecule has 70 valence electrons. The summed E-state index contributed by atoms with van der Waals surface area (Å²) in [5, 5.41) is 10.7. The number of imidazole rings is 1. The van der Waals surface area contributed by atoms with Gasteiger partial charge in [-0.2, -0.15) is 0 Å². The summed E-state index contributed by atoms with van der Waals surface area (Å²) in [5.74, 6) is 0.0771. The molecule has 6 nitrogen and oxygen atoms in total. The Balaban J connectivity index is 2.38. The largest absolute Gasteiger partial charge is 0.372 e. The van der Waals surface area contributed by atoms with Gasteiger partial charge in [-0.05, 0) is 11.8 Å². The highest BCUT2D eigenvalue weighted by Gasteiger charge is 2.31. The minimum absolute atomic E-state index is 0.0771. The summed E-state index contributed by atoms with van der Waals surface area (Å²) in [6.45, 7) is 2.71. The minimum atomic E-state index is -0.402. The first kappa shape index (κ1) is 8.18. The molecule has 0 radical (unpaired) electrons. The number of nitro groups is 1. The fourth-order valence-corrected chi connectivity index (χ4v) is 1.33. The van der Waals surface area contributed by atoms with Gasteiger partial charge in [0, 0.05) is 0 Å². The maximum absolute atomic E-state index is 10.7. The topological polar surface area (TPSA) is 70.2 Å². The lowest BCUT2D eigenvalue weighted by atomic mass is 10.2. The van der Waals surface area contributed by atoms with Crippen LogP contribution in [0.5, 0.6) is 0 Å². The Hall–Kier alpha value is -1.43. The van der Waals surface area contributed by atoms with Crippen LogP contribution in [0.15, 0.2) is 6.33 Å². The average Bonchev–Trinajstić information content (AvgIpc) is 2.28. The number of hydrogen-bond acceptors (Lipinski definition) is 4. The monoisotopic (exact) mass is 183 g/mol. The number of rotatable bonds is 2. The standard InChI is InChI=1S/C7H9N3O3/c1-5-7(10(11)12)9(4-8-5)6-2-13-3-6/h4,6H,2-3H2,1H3. The van der Waals surface area contributed by atoms with Crippen LogP contribution >= 0.6 is 0 Å². The van der Waals surface area contributed by atoms with Crippen LogP contribution in [0.1, 0.15) is 11.7 Å². The van der Waals surface area contributed by atoms with Crippen molar-refractivity contribution in [3.05, 3.63) is 22.1 Å². The van der Waals surface area contributed by atoms with Crippen molar-refractivity contribution in [1.82, 2.24) is 9.55 Å². The smallest absolute Gasteiger partial charge is 0.345 e. The number of hydrogen-bond donors (Lipinski definition) is 0. The maximum Gasteiger partial charge on any atom is 0.345 e. The molecule has 1 fully saturated rings. The molecule has 1 aromatic heterocycles. The predicted octanol–water partition coefficient (Wildman–Crippen LogP) is 0.671. The van der Waals surface area contributed by atoms with Crippen LogP contribution in [0.4, 0.5) is 5.82 Å². The van der Waals surface area contributed by atoms with Gasteiger partial charge in [0.25, 0.3) is 0 Å². The van der Waals surface area contributed by atoms with Crippen LogP contribution in [-0.2, 0) is 4.74 Å². The van der Waals surface area contributed by atoms with Crippen LogP contribution in [-0.4, -0.2) is 27.7 Å². The third-order valence-corrected chi connectivity index (χ3v) is 2.13. The van der Waals surface area contributed by atoms with E-state index in [-0.39, 0.29) is 11.9 Å². The fraction of sp³-hybridized carbons (Fsp3) is 0.571. The minimum Gasteiger partial charge on any atom is -0.372 e. The molecule has 2 rings (SSSR count). The van der Waals surface area contributed by atoms with Crippen molar-refractivity contribution in [1.29, 1.82) is 0 Å². The molecule has 1 saturated heterocycles. The van der Waals surface area contributed by atoms with Gasteiger partial charge < -0.3 is 14.9 Å². The lowest BCUT2D eigenvalue weighted by Gasteiger charge is -2.23. The van der Waals surface area contributed by atoms with Gasteiger partial charge in [-0.15, -0.1) is 0 Å². The van der Waals surface area contributed by atoms with E-state index in [1.807, 2.05) is 0 Å². The van der Waals surface area contributed by atoms with Gasteiger partial charge in [0.1, 0.15) is 11.7 Å². The first-order chi connectivity index (χ1) is 6.20. The van der Waals surface area contributed by atoms with E-state index < -0.39 is 4.92 Å². The quantitative estimate of drug-likeness (QED) is 0.499. The van der Waals surface area contributed by atoms with E-state index in [4.69, 9.17) is 4.74 Å². The molecule has 13 heavy (non-hydrogen) atoms. The molecule has 1 aliphatic rings. The number of nitrogens with zero attached hydrogens (tertiary/aromatic N) is 3. The summed E-state index contributed by atoms with van der Waals surface area (Å²) < 4.78 is 6.53. The predicted molar refractivity (Wildman–Crippen MR) is 43.5 cm³/mol. The Morgan fingerprint density at radius 2 is 2.46 bits per heavy atom. The molecular weight excluding hydrogens is 174 g/mol. The lowest BCUT2D eigenvalue weighted by molar-refractivity contribution is -0.394. The summed E-state index contributed by atoms with van der Waals surface area (Å²) in [6.07, 6.45) is 1.50. The summed E-state index contributed by atoms with van der Waals surface area (Å²) in [7, 11) is 0. The molecule has 0 atom stereocenters. The number of aromatic nitrogens is 2. The highest BCUT2D eigenvalue weighted by Crippen LogP contribution is 2.25. The molecule has 0 aliphatic carbocycles. The average molecular weight is 183 g/mol. The van der Waals surface area contributed by atoms with Crippen LogP contribution in [0.2, 0.25) is 0 Å². The summed E-state index contributed by atoms with van der Waals surface area (Å²) in [6, 6.07) is 0.0848. The van der Waals surface area contributed by atoms with Crippen molar-refractivity contribution >= 4 is 5.82 Å². The Kier molecular flexibility index (Phi) is 1.77. The molecule has 0 bridgehead atoms. The van der Waals surface area contributed by atoms with Crippen molar-refractivity contribution < 1.29 is 9.66 Å². The second-order valence-electron chi connectivity index (χ2n) is 3.01. The third kappa shape index (κ3) is 1.19. The second kappa shape index (κ2) is 2.81. The molecule has 0 spiro atoms. The lowest BCUT2D eigenvalue weighted by Crippen LogP contribution is -2.30. The number of ether oxygens (including phenoxy) is 1. The van der Waals surface area contributed by atoms with Gasteiger partial charge in [0.15, 0.2) is 6.33 Å². The molecule has 0 unspecified atom stereocenters. The zero-order valence-corrected chi connectivity index (χ0v) is 7.14. The zero-order chi connectivity index (χ0) is 9.42. The third-order valence-electron chi connectivity index (χ3n) is 2.13. The van der Waals surface area contributed by atoms with Crippen LogP contribution < -0.4 is 0 Å². The van der Waals surface area contributed by atoms with Crippen molar-refractivity contribution in [3.63, 3.8) is 0 Å². The van der Waals surface area contributed by atoms with E-state index in [1.54, 1.807) is 11.5 Å². The number of aryl methyl sites for hydroxylation is 1. The van der Waals surface area contributed by atoms with Crippen molar-refractivity contribution in [3.8, 4) is 0 Å². The Labute approximate surface area is 74.3 Å². The van der Waals surface area contributed by atoms with E-state index in [2.05, 4.69) is 4.98 Å². The highest BCUT2D eigenvalue weighted by atomic mass is 16.6. The van der Waals surface area contributed by atoms with E-state index in [0.29, 0.717) is 18.9 Å². The highest BCUT2D eigenvalue weighted by molar-refractivity contribution is 5.27. The van der Waals surface area contributed by atoms with E-state index in [9.17, 15) is 10.1 Å². The van der Waals surface area contributed by atoms with E-state index >= 15 is 0 Å². The first-order valence-corrected chi connectivity index (χ1v) is 3.95. The van der Waals surface area contributed by atoms with Crippen LogP contribution in [0, 0.1) is 17.0 Å². The van der Waals surface area contributed by atoms with Crippen LogP contribution in [0.25, 0.3) is 0 Å². The molecule has 0 saturated carbocycles. The Morgan fingerprint density at radius 1 is 1.77 bits per heavy atom. The fourth-order valence-electron chi connectivity index (χ4n) is 1.33. The summed E-state index contributed by atoms with van der Waals surface area (Å²) in [5.41, 5.74) is 0.455. The van der Waals surface area contributed by atoms with Gasteiger partial charge >= 0.3 is 5.82 Å². The molecule has 6 heteroatoms. The second-order valence-corrected chi connectivity index (χ2v) is 3.01. The summed E-state index contributed by atoms with van der Waals surface area (Å²) in [4.78, 5) is 14.2. The molecule has 1 aromatic rings. The molecule has 0 amide bonds. The maximum atomic E-state index is 10.7. The molecule has 0 N–H and O–H groups in total. The molecule has 1 aliphatic heterocycles. The first-order valence-electron chi connectivity index (χ1n) is 3.95. The normalized spacial score (nSPS) is 17.0. The molecule has 0 aromatic carbocycles. The van der Waals surface area contributed by atoms with E-state index in [1.165, 1.54) is 6.33 Å². The van der Waals surface area contributed by atoms with Gasteiger partial charge in [-0.1, -0.05) is 0 Å². The van der Waals surface area contributed by atoms with Crippen LogP contribution in [0.3, 0.4) is 0 Å². The van der Waals surface area contributed by atoms with E-state index in [0.717, 1.165) is 0 Å².